The summed E-state index contributed by atoms with van der Waals surface area (Å²) in [6.07, 6.45) is 2.41. The lowest BCUT2D eigenvalue weighted by Gasteiger charge is -2.34. The van der Waals surface area contributed by atoms with Crippen molar-refractivity contribution in [3.8, 4) is 0 Å². The van der Waals surface area contributed by atoms with Gasteiger partial charge < -0.3 is 9.80 Å². The fraction of sp³-hybridized carbons (Fsp3) is 0.647. The molecule has 0 bridgehead atoms. The van der Waals surface area contributed by atoms with E-state index in [4.69, 9.17) is 0 Å². The van der Waals surface area contributed by atoms with Crippen molar-refractivity contribution >= 4 is 5.69 Å². The van der Waals surface area contributed by atoms with Crippen LogP contribution in [0.2, 0.25) is 0 Å². The maximum Gasteiger partial charge on any atom is 0.0367 e. The second kappa shape index (κ2) is 5.96. The van der Waals surface area contributed by atoms with E-state index in [0.717, 1.165) is 13.1 Å². The van der Waals surface area contributed by atoms with Gasteiger partial charge in [-0.3, -0.25) is 0 Å². The van der Waals surface area contributed by atoms with E-state index in [2.05, 4.69) is 61.9 Å². The first kappa shape index (κ1) is 14.4. The van der Waals surface area contributed by atoms with Crippen molar-refractivity contribution in [2.45, 2.75) is 39.0 Å². The normalized spacial score (nSPS) is 17.8. The molecule has 106 valence electrons. The minimum atomic E-state index is 0.334. The maximum atomic E-state index is 2.50. The van der Waals surface area contributed by atoms with Crippen LogP contribution in [0, 0.1) is 0 Å². The molecule has 1 aromatic carbocycles. The van der Waals surface area contributed by atoms with Crippen molar-refractivity contribution in [3.63, 3.8) is 0 Å². The molecule has 1 saturated heterocycles. The lowest BCUT2D eigenvalue weighted by Crippen LogP contribution is -2.44. The summed E-state index contributed by atoms with van der Waals surface area (Å²) in [5.41, 5.74) is 3.20. The maximum absolute atomic E-state index is 2.50. The van der Waals surface area contributed by atoms with Gasteiger partial charge in [0.2, 0.25) is 0 Å². The van der Waals surface area contributed by atoms with Gasteiger partial charge in [0.25, 0.3) is 0 Å². The van der Waals surface area contributed by atoms with Crippen molar-refractivity contribution in [2.75, 3.05) is 38.1 Å². The highest BCUT2D eigenvalue weighted by atomic mass is 15.2. The van der Waals surface area contributed by atoms with E-state index >= 15 is 0 Å². The van der Waals surface area contributed by atoms with E-state index in [1.54, 1.807) is 0 Å². The monoisotopic (exact) mass is 260 g/mol. The van der Waals surface area contributed by atoms with Crippen molar-refractivity contribution in [2.24, 2.45) is 0 Å². The third kappa shape index (κ3) is 3.11. The van der Waals surface area contributed by atoms with Gasteiger partial charge in [-0.15, -0.1) is 0 Å². The molecule has 0 amide bonds. The van der Waals surface area contributed by atoms with E-state index in [1.165, 1.54) is 37.2 Å². The van der Waals surface area contributed by atoms with Crippen molar-refractivity contribution in [1.82, 2.24) is 4.90 Å². The molecule has 1 fully saturated rings. The Bertz CT molecular complexity index is 384. The van der Waals surface area contributed by atoms with Crippen LogP contribution in [0.1, 0.15) is 39.2 Å². The number of nitrogens with zero attached hydrogens (tertiary/aromatic N) is 2. The molecule has 2 rings (SSSR count). The third-order valence-corrected chi connectivity index (χ3v) is 4.99. The molecular weight excluding hydrogens is 232 g/mol. The second-order valence-corrected chi connectivity index (χ2v) is 6.10. The predicted molar refractivity (Wildman–Crippen MR) is 84.1 cm³/mol. The van der Waals surface area contributed by atoms with Gasteiger partial charge in [0.1, 0.15) is 0 Å². The molecule has 0 aromatic heterocycles. The Balaban J connectivity index is 2.10. The summed E-state index contributed by atoms with van der Waals surface area (Å²) in [4.78, 5) is 4.90. The Morgan fingerprint density at radius 1 is 0.947 bits per heavy atom. The summed E-state index contributed by atoms with van der Waals surface area (Å²) in [7, 11) is 2.20. The number of benzene rings is 1. The highest BCUT2D eigenvalue weighted by molar-refractivity contribution is 5.49. The van der Waals surface area contributed by atoms with E-state index < -0.39 is 0 Å². The Morgan fingerprint density at radius 3 is 1.95 bits per heavy atom. The highest BCUT2D eigenvalue weighted by Crippen LogP contribution is 2.32. The zero-order valence-electron chi connectivity index (χ0n) is 12.9. The van der Waals surface area contributed by atoms with Crippen molar-refractivity contribution < 1.29 is 0 Å². The number of likely N-dealkylation sites (N-methyl/N-ethyl adjacent to an activating group) is 1. The average Bonchev–Trinajstić information content (AvgIpc) is 2.47. The van der Waals surface area contributed by atoms with Gasteiger partial charge in [-0.25, -0.2) is 0 Å². The summed E-state index contributed by atoms with van der Waals surface area (Å²) in [6.45, 7) is 11.6. The molecule has 1 aliphatic rings. The minimum absolute atomic E-state index is 0.334. The molecule has 1 aliphatic heterocycles. The topological polar surface area (TPSA) is 6.48 Å². The van der Waals surface area contributed by atoms with Crippen LogP contribution < -0.4 is 4.90 Å². The zero-order valence-corrected chi connectivity index (χ0v) is 12.9. The Morgan fingerprint density at radius 2 is 1.47 bits per heavy atom. The molecular formula is C17H28N2. The molecule has 0 spiro atoms. The standard InChI is InChI=1S/C17H28N2/c1-5-17(3,6-2)15-7-9-16(10-8-15)19-13-11-18(4)12-14-19/h7-10H,5-6,11-14H2,1-4H3. The van der Waals surface area contributed by atoms with E-state index in [9.17, 15) is 0 Å². The van der Waals surface area contributed by atoms with Crippen molar-refractivity contribution in [1.29, 1.82) is 0 Å². The van der Waals surface area contributed by atoms with Crippen LogP contribution in [-0.2, 0) is 5.41 Å². The first-order chi connectivity index (χ1) is 9.09. The quantitative estimate of drug-likeness (QED) is 0.817. The van der Waals surface area contributed by atoms with Crippen LogP contribution in [0.4, 0.5) is 5.69 Å². The van der Waals surface area contributed by atoms with Crippen LogP contribution in [-0.4, -0.2) is 38.1 Å². The summed E-state index contributed by atoms with van der Waals surface area (Å²) < 4.78 is 0. The molecule has 2 heteroatoms. The smallest absolute Gasteiger partial charge is 0.0367 e. The van der Waals surface area contributed by atoms with Gasteiger partial charge in [0, 0.05) is 31.9 Å². The Kier molecular flexibility index (Phi) is 4.51. The number of piperazine rings is 1. The van der Waals surface area contributed by atoms with Crippen LogP contribution in [0.15, 0.2) is 24.3 Å². The average molecular weight is 260 g/mol. The molecule has 0 unspecified atom stereocenters. The Hall–Kier alpha value is -1.02. The van der Waals surface area contributed by atoms with E-state index in [0.29, 0.717) is 5.41 Å². The molecule has 0 radical (unpaired) electrons. The highest BCUT2D eigenvalue weighted by Gasteiger charge is 2.22. The third-order valence-electron chi connectivity index (χ3n) is 4.99. The summed E-state index contributed by atoms with van der Waals surface area (Å²) in [5.74, 6) is 0. The lowest BCUT2D eigenvalue weighted by molar-refractivity contribution is 0.313. The molecule has 19 heavy (non-hydrogen) atoms. The number of rotatable bonds is 4. The lowest BCUT2D eigenvalue weighted by atomic mass is 9.78. The van der Waals surface area contributed by atoms with Gasteiger partial charge in [-0.05, 0) is 43.0 Å². The SMILES string of the molecule is CCC(C)(CC)c1ccc(N2CCN(C)CC2)cc1. The molecule has 0 aliphatic carbocycles. The van der Waals surface area contributed by atoms with Gasteiger partial charge >= 0.3 is 0 Å². The van der Waals surface area contributed by atoms with Crippen LogP contribution in [0.3, 0.4) is 0 Å². The molecule has 0 atom stereocenters. The molecule has 2 nitrogen and oxygen atoms in total. The van der Waals surface area contributed by atoms with E-state index in [1.807, 2.05) is 0 Å². The summed E-state index contributed by atoms with van der Waals surface area (Å²) in [5, 5.41) is 0. The number of hydrogen-bond acceptors (Lipinski definition) is 2. The molecule has 0 N–H and O–H groups in total. The molecule has 1 aromatic rings. The summed E-state index contributed by atoms with van der Waals surface area (Å²) in [6, 6.07) is 9.29. The van der Waals surface area contributed by atoms with Crippen molar-refractivity contribution in [3.05, 3.63) is 29.8 Å². The number of hydrogen-bond donors (Lipinski definition) is 0. The zero-order chi connectivity index (χ0) is 13.9. The Labute approximate surface area is 118 Å². The van der Waals surface area contributed by atoms with Gasteiger partial charge in [0.05, 0.1) is 0 Å². The predicted octanol–water partition coefficient (Wildman–Crippen LogP) is 3.52. The van der Waals surface area contributed by atoms with Crippen LogP contribution in [0.25, 0.3) is 0 Å². The number of anilines is 1. The first-order valence-electron chi connectivity index (χ1n) is 7.63. The van der Waals surface area contributed by atoms with E-state index in [-0.39, 0.29) is 0 Å². The van der Waals surface area contributed by atoms with Gasteiger partial charge in [-0.2, -0.15) is 0 Å². The van der Waals surface area contributed by atoms with Crippen LogP contribution >= 0.6 is 0 Å². The minimum Gasteiger partial charge on any atom is -0.369 e. The summed E-state index contributed by atoms with van der Waals surface area (Å²) >= 11 is 0. The van der Waals surface area contributed by atoms with Crippen LogP contribution in [0.5, 0.6) is 0 Å². The van der Waals surface area contributed by atoms with Gasteiger partial charge in [0.15, 0.2) is 0 Å². The largest absolute Gasteiger partial charge is 0.369 e. The first-order valence-corrected chi connectivity index (χ1v) is 7.63. The fourth-order valence-corrected chi connectivity index (χ4v) is 2.80. The second-order valence-electron chi connectivity index (χ2n) is 6.10. The fourth-order valence-electron chi connectivity index (χ4n) is 2.80. The molecule has 1 heterocycles. The molecule has 0 saturated carbocycles. The van der Waals surface area contributed by atoms with Gasteiger partial charge in [-0.1, -0.05) is 32.9 Å².